The Morgan fingerprint density at radius 1 is 1.18 bits per heavy atom. The lowest BCUT2D eigenvalue weighted by Gasteiger charge is -2.36. The van der Waals surface area contributed by atoms with Crippen LogP contribution in [0.2, 0.25) is 0 Å². The molecule has 5 atom stereocenters. The van der Waals surface area contributed by atoms with Gasteiger partial charge in [-0.1, -0.05) is 41.9 Å². The standard InChI is InChI=1S/C24H34BrN5O4/c1-13(2)21(31)23(33)27-15(4)24(34)30-11-5-6-19(29-30)22(32)26-14(3)18-10-8-16-7-9-17(25)12-20(16)28-18/h7-10,12-15,19,21,23,27,29,31,33H,5-6,11H2,1-4H3,(H,26,32)/t14-,15+,19+,21+,23?/m1/s1. The van der Waals surface area contributed by atoms with Crippen molar-refractivity contribution < 1.29 is 19.8 Å². The maximum absolute atomic E-state index is 12.9. The molecule has 1 unspecified atom stereocenters. The Labute approximate surface area is 208 Å². The molecule has 3 rings (SSSR count). The summed E-state index contributed by atoms with van der Waals surface area (Å²) >= 11 is 3.46. The molecule has 2 amide bonds. The Kier molecular flexibility index (Phi) is 9.00. The van der Waals surface area contributed by atoms with Crippen LogP contribution in [-0.4, -0.2) is 63.0 Å². The van der Waals surface area contributed by atoms with E-state index in [0.717, 1.165) is 21.1 Å². The van der Waals surface area contributed by atoms with E-state index in [1.54, 1.807) is 20.8 Å². The molecule has 1 saturated heterocycles. The van der Waals surface area contributed by atoms with E-state index in [1.165, 1.54) is 5.01 Å². The predicted molar refractivity (Wildman–Crippen MR) is 133 cm³/mol. The first-order valence-corrected chi connectivity index (χ1v) is 12.4. The Morgan fingerprint density at radius 3 is 2.59 bits per heavy atom. The third kappa shape index (κ3) is 6.51. The van der Waals surface area contributed by atoms with Crippen LogP contribution in [-0.2, 0) is 9.59 Å². The van der Waals surface area contributed by atoms with Gasteiger partial charge in [-0.3, -0.25) is 24.9 Å². The Balaban J connectivity index is 1.58. The summed E-state index contributed by atoms with van der Waals surface area (Å²) < 4.78 is 0.937. The predicted octanol–water partition coefficient (Wildman–Crippen LogP) is 1.98. The highest BCUT2D eigenvalue weighted by Gasteiger charge is 2.32. The number of fused-ring (bicyclic) bond motifs is 1. The molecule has 1 aromatic heterocycles. The summed E-state index contributed by atoms with van der Waals surface area (Å²) in [5.41, 5.74) is 4.60. The fourth-order valence-electron chi connectivity index (χ4n) is 3.89. The van der Waals surface area contributed by atoms with Crippen LogP contribution in [0.25, 0.3) is 10.9 Å². The van der Waals surface area contributed by atoms with Crippen molar-refractivity contribution >= 4 is 38.6 Å². The van der Waals surface area contributed by atoms with Crippen molar-refractivity contribution in [3.05, 3.63) is 40.5 Å². The molecule has 2 heterocycles. The minimum Gasteiger partial charge on any atom is -0.389 e. The lowest BCUT2D eigenvalue weighted by Crippen LogP contribution is -2.61. The molecular weight excluding hydrogens is 502 g/mol. The van der Waals surface area contributed by atoms with Gasteiger partial charge in [-0.15, -0.1) is 0 Å². The van der Waals surface area contributed by atoms with Crippen molar-refractivity contribution in [3.63, 3.8) is 0 Å². The van der Waals surface area contributed by atoms with Crippen molar-refractivity contribution in [2.24, 2.45) is 5.92 Å². The second-order valence-electron chi connectivity index (χ2n) is 9.19. The molecular formula is C24H34BrN5O4. The zero-order valence-electron chi connectivity index (χ0n) is 20.0. The number of nitrogens with zero attached hydrogens (tertiary/aromatic N) is 2. The third-order valence-electron chi connectivity index (χ3n) is 6.04. The largest absolute Gasteiger partial charge is 0.389 e. The summed E-state index contributed by atoms with van der Waals surface area (Å²) in [5, 5.41) is 28.3. The number of benzene rings is 1. The number of hydrogen-bond acceptors (Lipinski definition) is 7. The molecule has 1 fully saturated rings. The molecule has 0 spiro atoms. The monoisotopic (exact) mass is 535 g/mol. The molecule has 186 valence electrons. The van der Waals surface area contributed by atoms with Gasteiger partial charge < -0.3 is 15.5 Å². The van der Waals surface area contributed by atoms with Crippen molar-refractivity contribution in [3.8, 4) is 0 Å². The van der Waals surface area contributed by atoms with Crippen molar-refractivity contribution in [2.75, 3.05) is 6.54 Å². The second-order valence-corrected chi connectivity index (χ2v) is 10.1. The van der Waals surface area contributed by atoms with E-state index in [-0.39, 0.29) is 23.8 Å². The second kappa shape index (κ2) is 11.5. The average molecular weight is 536 g/mol. The van der Waals surface area contributed by atoms with Crippen LogP contribution in [0.15, 0.2) is 34.8 Å². The van der Waals surface area contributed by atoms with Gasteiger partial charge in [0.1, 0.15) is 12.3 Å². The minimum atomic E-state index is -1.22. The highest BCUT2D eigenvalue weighted by Crippen LogP contribution is 2.21. The number of hydrazine groups is 1. The molecule has 34 heavy (non-hydrogen) atoms. The molecule has 1 aliphatic rings. The van der Waals surface area contributed by atoms with Crippen LogP contribution in [0.4, 0.5) is 0 Å². The highest BCUT2D eigenvalue weighted by atomic mass is 79.9. The first-order chi connectivity index (χ1) is 16.1. The van der Waals surface area contributed by atoms with Crippen LogP contribution in [0.5, 0.6) is 0 Å². The molecule has 2 aromatic rings. The fraction of sp³-hybridized carbons (Fsp3) is 0.542. The van der Waals surface area contributed by atoms with Crippen molar-refractivity contribution in [2.45, 2.75) is 71.0 Å². The maximum Gasteiger partial charge on any atom is 0.253 e. The molecule has 5 N–H and O–H groups in total. The first kappa shape index (κ1) is 26.5. The summed E-state index contributed by atoms with van der Waals surface area (Å²) in [6.45, 7) is 7.52. The number of amides is 2. The number of aliphatic hydroxyl groups excluding tert-OH is 2. The van der Waals surface area contributed by atoms with Gasteiger partial charge in [0.2, 0.25) is 5.91 Å². The number of rotatable bonds is 8. The van der Waals surface area contributed by atoms with Gasteiger partial charge in [0.05, 0.1) is 29.4 Å². The Morgan fingerprint density at radius 2 is 1.88 bits per heavy atom. The fourth-order valence-corrected chi connectivity index (χ4v) is 4.24. The highest BCUT2D eigenvalue weighted by molar-refractivity contribution is 9.10. The van der Waals surface area contributed by atoms with Crippen LogP contribution in [0, 0.1) is 5.92 Å². The number of halogens is 1. The number of hydrogen-bond donors (Lipinski definition) is 5. The SMILES string of the molecule is CC(C)[C@H](O)C(O)N[C@@H](C)C(=O)N1CCC[C@@H](C(=O)N[C@H](C)c2ccc3ccc(Br)cc3n2)N1. The summed E-state index contributed by atoms with van der Waals surface area (Å²) in [6, 6.07) is 8.14. The first-order valence-electron chi connectivity index (χ1n) is 11.6. The molecule has 0 saturated carbocycles. The smallest absolute Gasteiger partial charge is 0.253 e. The van der Waals surface area contributed by atoms with E-state index in [2.05, 4.69) is 37.0 Å². The summed E-state index contributed by atoms with van der Waals surface area (Å²) in [5.74, 6) is -0.675. The van der Waals surface area contributed by atoms with Crippen LogP contribution >= 0.6 is 15.9 Å². The van der Waals surface area contributed by atoms with Gasteiger partial charge in [0.25, 0.3) is 5.91 Å². The quantitative estimate of drug-likeness (QED) is 0.327. The number of pyridine rings is 1. The number of aromatic nitrogens is 1. The normalized spacial score (nSPS) is 20.1. The maximum atomic E-state index is 12.9. The number of carbonyl (C=O) groups excluding carboxylic acids is 2. The van der Waals surface area contributed by atoms with Crippen LogP contribution < -0.4 is 16.1 Å². The van der Waals surface area contributed by atoms with Gasteiger partial charge in [-0.25, -0.2) is 5.43 Å². The molecule has 0 aliphatic carbocycles. The molecule has 0 radical (unpaired) electrons. The average Bonchev–Trinajstić information content (AvgIpc) is 2.82. The van der Waals surface area contributed by atoms with E-state index in [0.29, 0.717) is 19.4 Å². The third-order valence-corrected chi connectivity index (χ3v) is 6.54. The zero-order chi connectivity index (χ0) is 25.0. The number of nitrogens with one attached hydrogen (secondary N) is 3. The minimum absolute atomic E-state index is 0.161. The Bertz CT molecular complexity index is 1020. The topological polar surface area (TPSA) is 127 Å². The van der Waals surface area contributed by atoms with E-state index < -0.39 is 24.4 Å². The van der Waals surface area contributed by atoms with Gasteiger partial charge in [0.15, 0.2) is 0 Å². The molecule has 1 aromatic carbocycles. The number of aliphatic hydroxyl groups is 2. The lowest BCUT2D eigenvalue weighted by atomic mass is 10.1. The van der Waals surface area contributed by atoms with Gasteiger partial charge >= 0.3 is 0 Å². The van der Waals surface area contributed by atoms with E-state index in [9.17, 15) is 19.8 Å². The Hall–Kier alpha value is -2.11. The van der Waals surface area contributed by atoms with E-state index >= 15 is 0 Å². The van der Waals surface area contributed by atoms with Crippen LogP contribution in [0.3, 0.4) is 0 Å². The summed E-state index contributed by atoms with van der Waals surface area (Å²) in [7, 11) is 0. The zero-order valence-corrected chi connectivity index (χ0v) is 21.5. The molecule has 0 bridgehead atoms. The van der Waals surface area contributed by atoms with Crippen molar-refractivity contribution in [1.29, 1.82) is 0 Å². The van der Waals surface area contributed by atoms with Crippen molar-refractivity contribution in [1.82, 2.24) is 26.1 Å². The summed E-state index contributed by atoms with van der Waals surface area (Å²) in [6.07, 6.45) is -0.956. The van der Waals surface area contributed by atoms with Crippen LogP contribution in [0.1, 0.15) is 52.3 Å². The van der Waals surface area contributed by atoms with E-state index in [1.807, 2.05) is 37.3 Å². The molecule has 10 heteroatoms. The molecule has 1 aliphatic heterocycles. The van der Waals surface area contributed by atoms with Gasteiger partial charge in [-0.2, -0.15) is 0 Å². The van der Waals surface area contributed by atoms with Gasteiger partial charge in [0, 0.05) is 16.4 Å². The molecule has 9 nitrogen and oxygen atoms in total. The van der Waals surface area contributed by atoms with E-state index in [4.69, 9.17) is 0 Å². The number of carbonyl (C=O) groups is 2. The lowest BCUT2D eigenvalue weighted by molar-refractivity contribution is -0.142. The summed E-state index contributed by atoms with van der Waals surface area (Å²) in [4.78, 5) is 30.5. The van der Waals surface area contributed by atoms with Gasteiger partial charge in [-0.05, 0) is 50.8 Å².